The Morgan fingerprint density at radius 3 is 2.69 bits per heavy atom. The molecule has 1 saturated heterocycles. The van der Waals surface area contributed by atoms with E-state index in [0.717, 1.165) is 30.4 Å². The minimum Gasteiger partial charge on any atom is -0.489 e. The van der Waals surface area contributed by atoms with E-state index in [2.05, 4.69) is 36.4 Å². The van der Waals surface area contributed by atoms with Gasteiger partial charge in [0.15, 0.2) is 11.6 Å². The van der Waals surface area contributed by atoms with Gasteiger partial charge in [-0.2, -0.15) is 25.3 Å². The Morgan fingerprint density at radius 1 is 1.18 bits per heavy atom. The normalized spacial score (nSPS) is 18.8. The van der Waals surface area contributed by atoms with Crippen LogP contribution in [0, 0.1) is 29.1 Å². The average molecular weight is 533 g/mol. The van der Waals surface area contributed by atoms with E-state index in [-0.39, 0.29) is 29.6 Å². The number of aromatic nitrogens is 6. The van der Waals surface area contributed by atoms with E-state index in [1.54, 1.807) is 17.1 Å². The molecule has 13 nitrogen and oxygen atoms in total. The number of piperidine rings is 1. The van der Waals surface area contributed by atoms with Gasteiger partial charge in [0.05, 0.1) is 31.4 Å². The first-order valence-corrected chi connectivity index (χ1v) is 13.1. The predicted octanol–water partition coefficient (Wildman–Crippen LogP) is 1.83. The maximum atomic E-state index is 12.5. The fraction of sp³-hybridized carbons (Fsp3) is 0.500. The van der Waals surface area contributed by atoms with E-state index >= 15 is 0 Å². The van der Waals surface area contributed by atoms with E-state index in [9.17, 15) is 4.79 Å². The summed E-state index contributed by atoms with van der Waals surface area (Å²) in [6.45, 7) is 4.52. The van der Waals surface area contributed by atoms with Crippen LogP contribution in [0.5, 0.6) is 11.8 Å². The number of rotatable bonds is 10. The third-order valence-electron chi connectivity index (χ3n) is 6.95. The van der Waals surface area contributed by atoms with Crippen molar-refractivity contribution in [3.8, 4) is 29.0 Å². The van der Waals surface area contributed by atoms with Gasteiger partial charge in [-0.3, -0.25) is 9.48 Å². The van der Waals surface area contributed by atoms with Crippen LogP contribution in [-0.4, -0.2) is 68.5 Å². The number of nitrogens with one attached hydrogen (secondary N) is 1. The number of pyridine rings is 1. The molecule has 0 aromatic carbocycles. The summed E-state index contributed by atoms with van der Waals surface area (Å²) in [6.07, 6.45) is 7.90. The van der Waals surface area contributed by atoms with E-state index in [1.165, 1.54) is 0 Å². The molecule has 3 N–H and O–H groups in total. The zero-order chi connectivity index (χ0) is 27.4. The lowest BCUT2D eigenvalue weighted by molar-refractivity contribution is 0.0943. The fourth-order valence-corrected chi connectivity index (χ4v) is 4.47. The van der Waals surface area contributed by atoms with Gasteiger partial charge in [0.25, 0.3) is 5.91 Å². The zero-order valence-electron chi connectivity index (χ0n) is 22.1. The lowest BCUT2D eigenvalue weighted by Gasteiger charge is -2.32. The molecule has 1 saturated carbocycles. The lowest BCUT2D eigenvalue weighted by atomic mass is 9.98. The van der Waals surface area contributed by atoms with E-state index in [4.69, 9.17) is 20.5 Å². The second-order valence-electron chi connectivity index (χ2n) is 9.89. The Labute approximate surface area is 226 Å². The van der Waals surface area contributed by atoms with Crippen molar-refractivity contribution in [1.82, 2.24) is 35.0 Å². The van der Waals surface area contributed by atoms with Crippen LogP contribution in [0.3, 0.4) is 0 Å². The number of carbonyl (C=O) groups excluding carboxylic acids is 1. The lowest BCUT2D eigenvalue weighted by Crippen LogP contribution is -2.37. The number of nitrogen functional groups attached to an aromatic ring is 1. The second kappa shape index (κ2) is 11.5. The molecule has 1 aliphatic heterocycles. The fourth-order valence-electron chi connectivity index (χ4n) is 4.47. The standard InChI is InChI=1S/C26H32N10O3/c1-3-29-24(37)23-32-25(34-26(33-23)39-15-19-8-17(19)10-27)36-6-4-16(5-7-36)14-38-21-9-18(11-30-22(21)28)20-12-31-35(2)13-20/h9,11-13,16-17,19H,3-8,14-15H2,1-2H3,(H2,28,30)(H,29,37)/t17?,19-/m1/s1. The van der Waals surface area contributed by atoms with Crippen LogP contribution in [0.15, 0.2) is 24.7 Å². The minimum absolute atomic E-state index is 0.0133. The van der Waals surface area contributed by atoms with Crippen molar-refractivity contribution in [3.05, 3.63) is 30.5 Å². The Kier molecular flexibility index (Phi) is 7.72. The first-order valence-electron chi connectivity index (χ1n) is 13.1. The molecule has 1 aliphatic carbocycles. The maximum absolute atomic E-state index is 12.5. The molecule has 3 aromatic rings. The topological polar surface area (TPSA) is 170 Å². The average Bonchev–Trinajstić information content (AvgIpc) is 3.59. The van der Waals surface area contributed by atoms with Gasteiger partial charge in [0.2, 0.25) is 11.8 Å². The summed E-state index contributed by atoms with van der Waals surface area (Å²) in [5.74, 6) is 1.45. The third-order valence-corrected chi connectivity index (χ3v) is 6.95. The van der Waals surface area contributed by atoms with Crippen molar-refractivity contribution in [1.29, 1.82) is 5.26 Å². The van der Waals surface area contributed by atoms with Crippen molar-refractivity contribution in [2.24, 2.45) is 24.8 Å². The van der Waals surface area contributed by atoms with Crippen LogP contribution < -0.4 is 25.4 Å². The van der Waals surface area contributed by atoms with Crippen LogP contribution in [0.1, 0.15) is 36.8 Å². The molecular weight excluding hydrogens is 500 g/mol. The van der Waals surface area contributed by atoms with Gasteiger partial charge in [0.1, 0.15) is 0 Å². The van der Waals surface area contributed by atoms with Gasteiger partial charge < -0.3 is 25.4 Å². The summed E-state index contributed by atoms with van der Waals surface area (Å²) >= 11 is 0. The van der Waals surface area contributed by atoms with Crippen molar-refractivity contribution >= 4 is 17.7 Å². The van der Waals surface area contributed by atoms with Gasteiger partial charge in [0, 0.05) is 56.1 Å². The van der Waals surface area contributed by atoms with E-state index in [0.29, 0.717) is 56.3 Å². The Bertz CT molecular complexity index is 1360. The Balaban J connectivity index is 1.20. The van der Waals surface area contributed by atoms with Gasteiger partial charge in [-0.25, -0.2) is 4.98 Å². The molecule has 2 atom stereocenters. The number of aryl methyl sites for hydroxylation is 1. The highest BCUT2D eigenvalue weighted by molar-refractivity contribution is 5.90. The van der Waals surface area contributed by atoms with Crippen LogP contribution in [0.25, 0.3) is 11.1 Å². The third kappa shape index (κ3) is 6.34. The summed E-state index contributed by atoms with van der Waals surface area (Å²) in [6, 6.07) is 4.24. The van der Waals surface area contributed by atoms with Gasteiger partial charge in [-0.05, 0) is 38.2 Å². The minimum atomic E-state index is -0.379. The highest BCUT2D eigenvalue weighted by atomic mass is 16.5. The molecule has 204 valence electrons. The number of ether oxygens (including phenoxy) is 2. The largest absolute Gasteiger partial charge is 0.489 e. The number of carbonyl (C=O) groups is 1. The number of nitrogens with zero attached hydrogens (tertiary/aromatic N) is 8. The van der Waals surface area contributed by atoms with Crippen molar-refractivity contribution in [3.63, 3.8) is 0 Å². The molecule has 1 unspecified atom stereocenters. The molecule has 13 heteroatoms. The SMILES string of the molecule is CCNC(=O)c1nc(OC[C@H]2CC2C#N)nc(N2CCC(COc3cc(-c4cnn(C)c4)cnc3N)CC2)n1. The predicted molar refractivity (Wildman–Crippen MR) is 142 cm³/mol. The molecule has 39 heavy (non-hydrogen) atoms. The van der Waals surface area contributed by atoms with Crippen molar-refractivity contribution in [2.45, 2.75) is 26.2 Å². The number of nitriles is 1. The summed E-state index contributed by atoms with van der Waals surface area (Å²) in [4.78, 5) is 31.9. The molecule has 4 heterocycles. The smallest absolute Gasteiger partial charge is 0.321 e. The van der Waals surface area contributed by atoms with Crippen molar-refractivity contribution in [2.75, 3.05) is 43.5 Å². The van der Waals surface area contributed by atoms with Gasteiger partial charge >= 0.3 is 6.01 Å². The number of amides is 1. The zero-order valence-corrected chi connectivity index (χ0v) is 22.1. The quantitative estimate of drug-likeness (QED) is 0.390. The van der Waals surface area contributed by atoms with Crippen LogP contribution in [-0.2, 0) is 7.05 Å². The summed E-state index contributed by atoms with van der Waals surface area (Å²) in [5, 5.41) is 16.0. The summed E-state index contributed by atoms with van der Waals surface area (Å²) < 4.78 is 13.6. The molecular formula is C26H32N10O3. The Morgan fingerprint density at radius 2 is 2.00 bits per heavy atom. The number of nitrogens with two attached hydrogens (primary N) is 1. The molecule has 3 aromatic heterocycles. The monoisotopic (exact) mass is 532 g/mol. The van der Waals surface area contributed by atoms with E-state index < -0.39 is 0 Å². The van der Waals surface area contributed by atoms with Crippen molar-refractivity contribution < 1.29 is 14.3 Å². The number of hydrogen-bond donors (Lipinski definition) is 2. The highest BCUT2D eigenvalue weighted by Gasteiger charge is 2.38. The molecule has 0 radical (unpaired) electrons. The molecule has 1 amide bonds. The molecule has 2 fully saturated rings. The van der Waals surface area contributed by atoms with Crippen LogP contribution >= 0.6 is 0 Å². The second-order valence-corrected chi connectivity index (χ2v) is 9.89. The maximum Gasteiger partial charge on any atom is 0.321 e. The first-order chi connectivity index (χ1) is 18.9. The molecule has 2 aliphatic rings. The number of hydrogen-bond acceptors (Lipinski definition) is 11. The molecule has 5 rings (SSSR count). The Hall–Kier alpha value is -4.47. The highest BCUT2D eigenvalue weighted by Crippen LogP contribution is 2.37. The van der Waals surface area contributed by atoms with Crippen LogP contribution in [0.2, 0.25) is 0 Å². The summed E-state index contributed by atoms with van der Waals surface area (Å²) in [7, 11) is 1.86. The van der Waals surface area contributed by atoms with Crippen LogP contribution in [0.4, 0.5) is 11.8 Å². The summed E-state index contributed by atoms with van der Waals surface area (Å²) in [5.41, 5.74) is 7.91. The molecule has 0 spiro atoms. The first kappa shape index (κ1) is 26.1. The van der Waals surface area contributed by atoms with Gasteiger partial charge in [-0.1, -0.05) is 0 Å². The van der Waals surface area contributed by atoms with Gasteiger partial charge in [-0.15, -0.1) is 0 Å². The number of anilines is 2. The molecule has 0 bridgehead atoms. The van der Waals surface area contributed by atoms with E-state index in [1.807, 2.05) is 31.1 Å².